The molecule has 104 valence electrons. The Kier molecular flexibility index (Phi) is 4.57. The van der Waals surface area contributed by atoms with Gasteiger partial charge in [0.2, 0.25) is 11.8 Å². The lowest BCUT2D eigenvalue weighted by Crippen LogP contribution is -2.34. The highest BCUT2D eigenvalue weighted by Gasteiger charge is 2.21. The Morgan fingerprint density at radius 1 is 1.58 bits per heavy atom. The van der Waals surface area contributed by atoms with Gasteiger partial charge in [-0.2, -0.15) is 0 Å². The van der Waals surface area contributed by atoms with Gasteiger partial charge in [0, 0.05) is 25.9 Å². The van der Waals surface area contributed by atoms with E-state index >= 15 is 0 Å². The van der Waals surface area contributed by atoms with Crippen molar-refractivity contribution < 1.29 is 19.1 Å². The van der Waals surface area contributed by atoms with Crippen molar-refractivity contribution in [3.8, 4) is 0 Å². The van der Waals surface area contributed by atoms with Gasteiger partial charge in [-0.1, -0.05) is 0 Å². The average molecular weight is 266 g/mol. The normalized spacial score (nSPS) is 16.7. The first kappa shape index (κ1) is 13.6. The Labute approximate surface area is 111 Å². The lowest BCUT2D eigenvalue weighted by Gasteiger charge is -2.17. The molecule has 2 heterocycles. The molecule has 6 nitrogen and oxygen atoms in total. The van der Waals surface area contributed by atoms with E-state index in [-0.39, 0.29) is 24.8 Å². The molecule has 1 unspecified atom stereocenters. The van der Waals surface area contributed by atoms with Gasteiger partial charge in [-0.25, -0.2) is 0 Å². The Hall–Kier alpha value is -1.82. The molecule has 0 radical (unpaired) electrons. The van der Waals surface area contributed by atoms with Gasteiger partial charge in [0.25, 0.3) is 0 Å². The van der Waals surface area contributed by atoms with E-state index in [4.69, 9.17) is 4.42 Å². The van der Waals surface area contributed by atoms with Crippen molar-refractivity contribution >= 4 is 11.8 Å². The number of amides is 2. The summed E-state index contributed by atoms with van der Waals surface area (Å²) in [5, 5.41) is 11.9. The third-order valence-corrected chi connectivity index (χ3v) is 3.18. The molecular weight excluding hydrogens is 248 g/mol. The maximum atomic E-state index is 11.8. The van der Waals surface area contributed by atoms with Gasteiger partial charge in [0.1, 0.15) is 11.8 Å². The van der Waals surface area contributed by atoms with Gasteiger partial charge in [-0.05, 0) is 18.6 Å². The lowest BCUT2D eigenvalue weighted by molar-refractivity contribution is -0.128. The molecule has 1 atom stereocenters. The molecular formula is C13H18N2O4. The summed E-state index contributed by atoms with van der Waals surface area (Å²) in [6, 6.07) is 2.87. The Bertz CT molecular complexity index is 430. The summed E-state index contributed by atoms with van der Waals surface area (Å²) in [7, 11) is 0. The van der Waals surface area contributed by atoms with Crippen LogP contribution >= 0.6 is 0 Å². The zero-order valence-electron chi connectivity index (χ0n) is 10.7. The fourth-order valence-electron chi connectivity index (χ4n) is 2.14. The van der Waals surface area contributed by atoms with Crippen molar-refractivity contribution in [1.29, 1.82) is 0 Å². The van der Waals surface area contributed by atoms with Crippen molar-refractivity contribution in [1.82, 2.24) is 10.2 Å². The van der Waals surface area contributed by atoms with Gasteiger partial charge in [0.15, 0.2) is 0 Å². The van der Waals surface area contributed by atoms with Crippen molar-refractivity contribution in [2.75, 3.05) is 19.7 Å². The van der Waals surface area contributed by atoms with Crippen molar-refractivity contribution in [2.45, 2.75) is 25.3 Å². The van der Waals surface area contributed by atoms with E-state index in [1.54, 1.807) is 17.0 Å². The maximum Gasteiger partial charge on any atom is 0.222 e. The minimum atomic E-state index is -0.531. The molecule has 1 fully saturated rings. The number of hydrogen-bond donors (Lipinski definition) is 2. The van der Waals surface area contributed by atoms with E-state index in [2.05, 4.69) is 5.32 Å². The summed E-state index contributed by atoms with van der Waals surface area (Å²) in [5.41, 5.74) is 0. The number of carbonyl (C=O) groups excluding carboxylic acids is 2. The van der Waals surface area contributed by atoms with Crippen LogP contribution in [0.1, 0.15) is 31.1 Å². The predicted molar refractivity (Wildman–Crippen MR) is 67.1 cm³/mol. The first-order chi connectivity index (χ1) is 9.20. The highest BCUT2D eigenvalue weighted by Crippen LogP contribution is 2.13. The van der Waals surface area contributed by atoms with Crippen LogP contribution in [0.3, 0.4) is 0 Å². The summed E-state index contributed by atoms with van der Waals surface area (Å²) >= 11 is 0. The van der Waals surface area contributed by atoms with Crippen LogP contribution in [0.25, 0.3) is 0 Å². The molecule has 0 aromatic carbocycles. The van der Waals surface area contributed by atoms with Crippen molar-refractivity contribution in [3.63, 3.8) is 0 Å². The summed E-state index contributed by atoms with van der Waals surface area (Å²) in [4.78, 5) is 24.9. The highest BCUT2D eigenvalue weighted by molar-refractivity contribution is 5.80. The van der Waals surface area contributed by atoms with Gasteiger partial charge >= 0.3 is 0 Å². The fraction of sp³-hybridized carbons (Fsp3) is 0.538. The van der Waals surface area contributed by atoms with E-state index in [9.17, 15) is 14.7 Å². The summed E-state index contributed by atoms with van der Waals surface area (Å²) in [6.07, 6.45) is 3.18. The third-order valence-electron chi connectivity index (χ3n) is 3.18. The number of rotatable bonds is 6. The van der Waals surface area contributed by atoms with E-state index in [0.29, 0.717) is 18.7 Å². The van der Waals surface area contributed by atoms with Gasteiger partial charge in [-0.3, -0.25) is 9.59 Å². The number of nitrogens with one attached hydrogen (secondary N) is 1. The number of hydrogen-bond acceptors (Lipinski definition) is 4. The maximum absolute atomic E-state index is 11.8. The number of nitrogens with zero attached hydrogens (tertiary/aromatic N) is 1. The van der Waals surface area contributed by atoms with Crippen LogP contribution in [0.4, 0.5) is 0 Å². The van der Waals surface area contributed by atoms with Crippen LogP contribution in [0.15, 0.2) is 22.8 Å². The fourth-order valence-corrected chi connectivity index (χ4v) is 2.14. The summed E-state index contributed by atoms with van der Waals surface area (Å²) in [6.45, 7) is 0.941. The molecule has 0 aliphatic carbocycles. The van der Waals surface area contributed by atoms with Crippen molar-refractivity contribution in [3.05, 3.63) is 24.2 Å². The molecule has 2 amide bonds. The number of likely N-dealkylation sites (tertiary alicyclic amines) is 1. The topological polar surface area (TPSA) is 82.8 Å². The highest BCUT2D eigenvalue weighted by atomic mass is 16.3. The largest absolute Gasteiger partial charge is 0.467 e. The molecule has 0 bridgehead atoms. The number of aliphatic hydroxyl groups is 1. The Morgan fingerprint density at radius 3 is 3.00 bits per heavy atom. The van der Waals surface area contributed by atoms with Crippen LogP contribution < -0.4 is 5.32 Å². The Balaban J connectivity index is 1.78. The predicted octanol–water partition coefficient (Wildman–Crippen LogP) is 0.442. The number of furan rings is 1. The van der Waals surface area contributed by atoms with E-state index in [1.807, 2.05) is 0 Å². The molecule has 2 N–H and O–H groups in total. The second-order valence-electron chi connectivity index (χ2n) is 4.55. The molecule has 1 aromatic heterocycles. The third kappa shape index (κ3) is 3.57. The Morgan fingerprint density at radius 2 is 2.42 bits per heavy atom. The number of carbonyl (C=O) groups is 2. The molecule has 1 aromatic rings. The first-order valence-electron chi connectivity index (χ1n) is 6.42. The van der Waals surface area contributed by atoms with Crippen LogP contribution in [0.5, 0.6) is 0 Å². The standard InChI is InChI=1S/C13H18N2O4/c16-9-10(11-3-2-8-19-11)14-12(17)5-7-15-6-1-4-13(15)18/h2-3,8,10,16H,1,4-7,9H2,(H,14,17). The molecule has 1 saturated heterocycles. The molecule has 0 saturated carbocycles. The molecule has 6 heteroatoms. The minimum Gasteiger partial charge on any atom is -0.467 e. The summed E-state index contributed by atoms with van der Waals surface area (Å²) in [5.74, 6) is 0.431. The SMILES string of the molecule is O=C(CCN1CCCC1=O)NC(CO)c1ccco1. The molecule has 19 heavy (non-hydrogen) atoms. The average Bonchev–Trinajstić information content (AvgIpc) is 3.05. The second kappa shape index (κ2) is 6.38. The van der Waals surface area contributed by atoms with Gasteiger partial charge in [0.05, 0.1) is 12.9 Å². The smallest absolute Gasteiger partial charge is 0.222 e. The zero-order valence-corrected chi connectivity index (χ0v) is 10.7. The molecule has 1 aliphatic heterocycles. The van der Waals surface area contributed by atoms with Crippen LogP contribution in [0.2, 0.25) is 0 Å². The van der Waals surface area contributed by atoms with Crippen LogP contribution in [-0.2, 0) is 9.59 Å². The molecule has 0 spiro atoms. The van der Waals surface area contributed by atoms with Gasteiger partial charge < -0.3 is 19.7 Å². The van der Waals surface area contributed by atoms with Crippen LogP contribution in [0, 0.1) is 0 Å². The summed E-state index contributed by atoms with van der Waals surface area (Å²) < 4.78 is 5.14. The van der Waals surface area contributed by atoms with Crippen LogP contribution in [-0.4, -0.2) is 41.5 Å². The minimum absolute atomic E-state index is 0.109. The molecule has 1 aliphatic rings. The lowest BCUT2D eigenvalue weighted by atomic mass is 10.2. The zero-order chi connectivity index (χ0) is 13.7. The first-order valence-corrected chi connectivity index (χ1v) is 6.42. The van der Waals surface area contributed by atoms with Gasteiger partial charge in [-0.15, -0.1) is 0 Å². The number of aliphatic hydroxyl groups excluding tert-OH is 1. The second-order valence-corrected chi connectivity index (χ2v) is 4.55. The quantitative estimate of drug-likeness (QED) is 0.782. The van der Waals surface area contributed by atoms with E-state index < -0.39 is 6.04 Å². The van der Waals surface area contributed by atoms with E-state index in [1.165, 1.54) is 6.26 Å². The monoisotopic (exact) mass is 266 g/mol. The van der Waals surface area contributed by atoms with Crippen molar-refractivity contribution in [2.24, 2.45) is 0 Å². The van der Waals surface area contributed by atoms with E-state index in [0.717, 1.165) is 13.0 Å². The molecule has 2 rings (SSSR count).